The van der Waals surface area contributed by atoms with Gasteiger partial charge in [-0.05, 0) is 61.6 Å². The van der Waals surface area contributed by atoms with Gasteiger partial charge in [-0.2, -0.15) is 0 Å². The van der Waals surface area contributed by atoms with E-state index in [2.05, 4.69) is 15.3 Å². The van der Waals surface area contributed by atoms with E-state index in [0.717, 1.165) is 21.5 Å². The molecule has 4 heterocycles. The van der Waals surface area contributed by atoms with Gasteiger partial charge in [0, 0.05) is 22.8 Å². The molecule has 2 aliphatic rings. The standard InChI is InChI=1S/C25H26N4O5S/c1-33-23-9-7-19-24(28-23)15(10-11-26-19)2-4-17(30)5-6-18-13-29(25(32)34-18)16-3-8-21-20(12-16)27-22(31)14-35-21/h3,7-12,17-18,30H,2,4-6,13-14H2,1H3,(H,27,31)/t17-,18+/m1/s1. The van der Waals surface area contributed by atoms with Crippen LogP contribution < -0.4 is 15.0 Å². The quantitative estimate of drug-likeness (QED) is 0.486. The number of cyclic esters (lactones) is 1. The first-order chi connectivity index (χ1) is 17.0. The number of aliphatic hydroxyl groups is 1. The first kappa shape index (κ1) is 23.4. The second kappa shape index (κ2) is 10.1. The maximum atomic E-state index is 12.5. The Balaban J connectivity index is 1.15. The molecule has 2 atom stereocenters. The minimum absolute atomic E-state index is 0.0507. The Kier molecular flexibility index (Phi) is 6.74. The summed E-state index contributed by atoms with van der Waals surface area (Å²) in [7, 11) is 1.58. The predicted octanol–water partition coefficient (Wildman–Crippen LogP) is 3.78. The van der Waals surface area contributed by atoms with Crippen molar-refractivity contribution >= 4 is 46.2 Å². The van der Waals surface area contributed by atoms with Crippen molar-refractivity contribution in [3.8, 4) is 5.88 Å². The lowest BCUT2D eigenvalue weighted by Crippen LogP contribution is -2.25. The third kappa shape index (κ3) is 5.18. The summed E-state index contributed by atoms with van der Waals surface area (Å²) in [6.07, 6.45) is 2.78. The van der Waals surface area contributed by atoms with Gasteiger partial charge in [-0.25, -0.2) is 9.78 Å². The van der Waals surface area contributed by atoms with E-state index in [1.165, 1.54) is 11.8 Å². The highest BCUT2D eigenvalue weighted by atomic mass is 32.2. The van der Waals surface area contributed by atoms with E-state index in [4.69, 9.17) is 9.47 Å². The topological polar surface area (TPSA) is 114 Å². The van der Waals surface area contributed by atoms with Crippen molar-refractivity contribution < 1.29 is 24.2 Å². The maximum absolute atomic E-state index is 12.5. The predicted molar refractivity (Wildman–Crippen MR) is 133 cm³/mol. The van der Waals surface area contributed by atoms with E-state index in [1.54, 1.807) is 30.3 Å². The molecule has 3 aromatic rings. The number of nitrogens with zero attached hydrogens (tertiary/aromatic N) is 3. The number of rotatable bonds is 8. The molecule has 0 radical (unpaired) electrons. The molecule has 0 bridgehead atoms. The Morgan fingerprint density at radius 3 is 3.00 bits per heavy atom. The molecule has 0 unspecified atom stereocenters. The molecule has 2 N–H and O–H groups in total. The molecule has 1 aromatic carbocycles. The normalized spacial score (nSPS) is 18.2. The van der Waals surface area contributed by atoms with E-state index in [9.17, 15) is 14.7 Å². The zero-order valence-electron chi connectivity index (χ0n) is 19.3. The van der Waals surface area contributed by atoms with Gasteiger partial charge < -0.3 is 19.9 Å². The van der Waals surface area contributed by atoms with Crippen LogP contribution >= 0.6 is 11.8 Å². The van der Waals surface area contributed by atoms with Crippen molar-refractivity contribution in [2.45, 2.75) is 42.8 Å². The van der Waals surface area contributed by atoms with Crippen LogP contribution in [0.2, 0.25) is 0 Å². The molecule has 35 heavy (non-hydrogen) atoms. The Morgan fingerprint density at radius 1 is 1.26 bits per heavy atom. The lowest BCUT2D eigenvalue weighted by Gasteiger charge is -2.20. The van der Waals surface area contributed by atoms with Gasteiger partial charge in [-0.3, -0.25) is 14.7 Å². The van der Waals surface area contributed by atoms with E-state index in [1.807, 2.05) is 24.3 Å². The molecule has 0 spiro atoms. The molecule has 2 aliphatic heterocycles. The summed E-state index contributed by atoms with van der Waals surface area (Å²) in [5, 5.41) is 13.4. The van der Waals surface area contributed by atoms with Crippen LogP contribution in [0.25, 0.3) is 11.0 Å². The smallest absolute Gasteiger partial charge is 0.414 e. The fourth-order valence-electron chi connectivity index (χ4n) is 4.34. The molecular weight excluding hydrogens is 468 g/mol. The molecule has 1 saturated heterocycles. The molecule has 5 rings (SSSR count). The Bertz CT molecular complexity index is 1270. The number of hydrogen-bond acceptors (Lipinski definition) is 8. The number of pyridine rings is 2. The van der Waals surface area contributed by atoms with Crippen LogP contribution in [-0.4, -0.2) is 58.7 Å². The van der Waals surface area contributed by atoms with Gasteiger partial charge in [0.1, 0.15) is 6.10 Å². The van der Waals surface area contributed by atoms with E-state index >= 15 is 0 Å². The number of fused-ring (bicyclic) bond motifs is 2. The second-order valence-corrected chi connectivity index (χ2v) is 9.61. The van der Waals surface area contributed by atoms with Gasteiger partial charge in [0.25, 0.3) is 0 Å². The summed E-state index contributed by atoms with van der Waals surface area (Å²) in [5.41, 5.74) is 3.97. The number of methoxy groups -OCH3 is 1. The number of hydrogen-bond donors (Lipinski definition) is 2. The van der Waals surface area contributed by atoms with Crippen molar-refractivity contribution in [2.75, 3.05) is 29.6 Å². The number of aromatic nitrogens is 2. The number of benzene rings is 1. The number of nitrogens with one attached hydrogen (secondary N) is 1. The van der Waals surface area contributed by atoms with E-state index < -0.39 is 12.2 Å². The minimum Gasteiger partial charge on any atom is -0.481 e. The summed E-state index contributed by atoms with van der Waals surface area (Å²) < 4.78 is 10.8. The molecule has 10 heteroatoms. The number of aliphatic hydroxyl groups excluding tert-OH is 1. The highest BCUT2D eigenvalue weighted by Crippen LogP contribution is 2.35. The van der Waals surface area contributed by atoms with Crippen LogP contribution in [-0.2, 0) is 16.0 Å². The van der Waals surface area contributed by atoms with Crippen LogP contribution in [0, 0.1) is 0 Å². The van der Waals surface area contributed by atoms with E-state index in [0.29, 0.717) is 55.2 Å². The van der Waals surface area contributed by atoms with Gasteiger partial charge in [0.2, 0.25) is 11.8 Å². The van der Waals surface area contributed by atoms with Crippen LogP contribution in [0.1, 0.15) is 24.8 Å². The second-order valence-electron chi connectivity index (χ2n) is 8.59. The average Bonchev–Trinajstić information content (AvgIpc) is 3.25. The molecule has 9 nitrogen and oxygen atoms in total. The van der Waals surface area contributed by atoms with Crippen molar-refractivity contribution in [3.63, 3.8) is 0 Å². The monoisotopic (exact) mass is 494 g/mol. The number of aryl methyl sites for hydroxylation is 1. The van der Waals surface area contributed by atoms with Crippen molar-refractivity contribution in [1.29, 1.82) is 0 Å². The summed E-state index contributed by atoms with van der Waals surface area (Å²) in [4.78, 5) is 35.6. The first-order valence-corrected chi connectivity index (χ1v) is 12.5. The lowest BCUT2D eigenvalue weighted by molar-refractivity contribution is -0.113. The lowest BCUT2D eigenvalue weighted by atomic mass is 10.0. The van der Waals surface area contributed by atoms with Crippen molar-refractivity contribution in [2.24, 2.45) is 0 Å². The zero-order chi connectivity index (χ0) is 24.4. The maximum Gasteiger partial charge on any atom is 0.414 e. The Morgan fingerprint density at radius 2 is 2.14 bits per heavy atom. The van der Waals surface area contributed by atoms with Crippen LogP contribution in [0.3, 0.4) is 0 Å². The third-order valence-electron chi connectivity index (χ3n) is 6.20. The number of anilines is 2. The Hall–Kier alpha value is -3.37. The largest absolute Gasteiger partial charge is 0.481 e. The highest BCUT2D eigenvalue weighted by Gasteiger charge is 2.33. The third-order valence-corrected chi connectivity index (χ3v) is 7.28. The summed E-state index contributed by atoms with van der Waals surface area (Å²) in [6.45, 7) is 0.407. The summed E-state index contributed by atoms with van der Waals surface area (Å²) in [5.74, 6) is 0.870. The SMILES string of the molecule is COc1ccc2nccc(CC[C@@H](O)CC[C@H]3CN(c4ccc5c(c4)NC(=O)CS5)C(=O)O3)c2n1. The molecule has 0 saturated carbocycles. The number of carbonyl (C=O) groups excluding carboxylic acids is 2. The highest BCUT2D eigenvalue weighted by molar-refractivity contribution is 8.00. The summed E-state index contributed by atoms with van der Waals surface area (Å²) >= 11 is 1.48. The molecule has 182 valence electrons. The molecule has 2 amide bonds. The Labute approximate surface area is 206 Å². The number of carbonyl (C=O) groups is 2. The number of ether oxygens (including phenoxy) is 2. The molecule has 1 fully saturated rings. The van der Waals surface area contributed by atoms with Crippen molar-refractivity contribution in [3.05, 3.63) is 48.2 Å². The fourth-order valence-corrected chi connectivity index (χ4v) is 5.13. The summed E-state index contributed by atoms with van der Waals surface area (Å²) in [6, 6.07) is 11.1. The van der Waals surface area contributed by atoms with Crippen LogP contribution in [0.5, 0.6) is 5.88 Å². The van der Waals surface area contributed by atoms with Crippen LogP contribution in [0.15, 0.2) is 47.5 Å². The van der Waals surface area contributed by atoms with Gasteiger partial charge in [-0.1, -0.05) is 0 Å². The first-order valence-electron chi connectivity index (χ1n) is 11.5. The fraction of sp³-hybridized carbons (Fsp3) is 0.360. The van der Waals surface area contributed by atoms with Crippen LogP contribution in [0.4, 0.5) is 16.2 Å². The van der Waals surface area contributed by atoms with Gasteiger partial charge in [-0.15, -0.1) is 11.8 Å². The zero-order valence-corrected chi connectivity index (χ0v) is 20.1. The van der Waals surface area contributed by atoms with Gasteiger partial charge in [0.05, 0.1) is 42.2 Å². The van der Waals surface area contributed by atoms with E-state index in [-0.39, 0.29) is 12.0 Å². The number of amides is 2. The van der Waals surface area contributed by atoms with Gasteiger partial charge in [0.15, 0.2) is 0 Å². The molecular formula is C25H26N4O5S. The molecule has 2 aromatic heterocycles. The minimum atomic E-state index is -0.535. The number of thioether (sulfide) groups is 1. The van der Waals surface area contributed by atoms with Crippen molar-refractivity contribution in [1.82, 2.24) is 9.97 Å². The molecule has 0 aliphatic carbocycles. The van der Waals surface area contributed by atoms with Gasteiger partial charge >= 0.3 is 6.09 Å². The average molecular weight is 495 g/mol.